The Bertz CT molecular complexity index is 1340. The molecule has 2 aliphatic rings. The third-order valence-electron chi connectivity index (χ3n) is 6.96. The second-order valence-electron chi connectivity index (χ2n) is 9.04. The molecular weight excluding hydrogens is 444 g/mol. The molecule has 0 saturated carbocycles. The highest BCUT2D eigenvalue weighted by Gasteiger charge is 2.32. The van der Waals surface area contributed by atoms with Crippen molar-refractivity contribution in [2.45, 2.75) is 25.4 Å². The molecule has 0 spiro atoms. The van der Waals surface area contributed by atoms with Crippen molar-refractivity contribution in [3.05, 3.63) is 102 Å². The van der Waals surface area contributed by atoms with E-state index in [1.165, 1.54) is 11.3 Å². The summed E-state index contributed by atoms with van der Waals surface area (Å²) in [6.45, 7) is 4.25. The van der Waals surface area contributed by atoms with E-state index in [4.69, 9.17) is 11.6 Å². The lowest BCUT2D eigenvalue weighted by molar-refractivity contribution is 0.0715. The van der Waals surface area contributed by atoms with Gasteiger partial charge in [0.2, 0.25) is 0 Å². The maximum absolute atomic E-state index is 13.6. The highest BCUT2D eigenvalue weighted by Crippen LogP contribution is 2.36. The van der Waals surface area contributed by atoms with Gasteiger partial charge in [0.1, 0.15) is 6.67 Å². The number of nitrogens with one attached hydrogen (secondary N) is 1. The van der Waals surface area contributed by atoms with Gasteiger partial charge in [0.25, 0.3) is 5.91 Å². The van der Waals surface area contributed by atoms with Crippen LogP contribution >= 0.6 is 11.6 Å². The van der Waals surface area contributed by atoms with Crippen molar-refractivity contribution in [2.24, 2.45) is 0 Å². The molecule has 0 atom stereocenters. The van der Waals surface area contributed by atoms with E-state index in [-0.39, 0.29) is 5.91 Å². The van der Waals surface area contributed by atoms with Crippen molar-refractivity contribution >= 4 is 39.8 Å². The first-order valence-electron chi connectivity index (χ1n) is 11.8. The lowest BCUT2D eigenvalue weighted by atomic mass is 10.0. The van der Waals surface area contributed by atoms with Gasteiger partial charge in [-0.2, -0.15) is 0 Å². The Morgan fingerprint density at radius 1 is 0.971 bits per heavy atom. The summed E-state index contributed by atoms with van der Waals surface area (Å²) in [4.78, 5) is 18.0. The van der Waals surface area contributed by atoms with E-state index in [0.717, 1.165) is 48.1 Å². The summed E-state index contributed by atoms with van der Waals surface area (Å²) in [5.41, 5.74) is 5.29. The van der Waals surface area contributed by atoms with Crippen LogP contribution < -0.4 is 10.2 Å². The third kappa shape index (κ3) is 3.80. The number of rotatable bonds is 4. The number of aromatic nitrogens is 1. The number of benzene rings is 3. The number of amides is 1. The minimum Gasteiger partial charge on any atom is -0.360 e. The maximum Gasteiger partial charge on any atom is 0.256 e. The Hall–Kier alpha value is -3.44. The lowest BCUT2D eigenvalue weighted by Gasteiger charge is -2.37. The number of piperidine rings is 1. The minimum atomic E-state index is 0.0986. The summed E-state index contributed by atoms with van der Waals surface area (Å²) in [5.74, 6) is 0.0986. The zero-order valence-electron chi connectivity index (χ0n) is 18.8. The van der Waals surface area contributed by atoms with E-state index in [2.05, 4.69) is 51.8 Å². The normalized spacial score (nSPS) is 16.0. The third-order valence-corrected chi connectivity index (χ3v) is 7.19. The average molecular weight is 470 g/mol. The Balaban J connectivity index is 1.22. The molecule has 0 unspecified atom stereocenters. The van der Waals surface area contributed by atoms with Gasteiger partial charge in [-0.1, -0.05) is 60.1 Å². The van der Waals surface area contributed by atoms with Crippen molar-refractivity contribution in [1.82, 2.24) is 9.47 Å². The van der Waals surface area contributed by atoms with Gasteiger partial charge in [-0.05, 0) is 42.7 Å². The molecule has 1 saturated heterocycles. The molecule has 1 amide bonds. The molecule has 0 bridgehead atoms. The first-order chi connectivity index (χ1) is 16.7. The van der Waals surface area contributed by atoms with Crippen LogP contribution in [0, 0.1) is 6.67 Å². The number of hydrogen-bond acceptors (Lipinski definition) is 3. The molecule has 171 valence electrons. The van der Waals surface area contributed by atoms with Gasteiger partial charge < -0.3 is 19.7 Å². The highest BCUT2D eigenvalue weighted by atomic mass is 35.5. The minimum absolute atomic E-state index is 0.0986. The van der Waals surface area contributed by atoms with Crippen LogP contribution in [0.15, 0.2) is 79.0 Å². The smallest absolute Gasteiger partial charge is 0.256 e. The molecule has 4 aromatic rings. The molecule has 6 rings (SSSR count). The van der Waals surface area contributed by atoms with Crippen LogP contribution in [0.4, 0.5) is 11.4 Å². The van der Waals surface area contributed by atoms with Crippen LogP contribution in [-0.2, 0) is 6.54 Å². The fourth-order valence-corrected chi connectivity index (χ4v) is 5.36. The first-order valence-corrected chi connectivity index (χ1v) is 12.1. The van der Waals surface area contributed by atoms with Crippen molar-refractivity contribution in [3.8, 4) is 0 Å². The van der Waals surface area contributed by atoms with Crippen LogP contribution in [0.25, 0.3) is 10.9 Å². The summed E-state index contributed by atoms with van der Waals surface area (Å²) in [6.07, 6.45) is 3.87. The van der Waals surface area contributed by atoms with Crippen LogP contribution in [0.2, 0.25) is 5.02 Å². The number of hydrogen-bond donors (Lipinski definition) is 1. The summed E-state index contributed by atoms with van der Waals surface area (Å²) >= 11 is 6.32. The van der Waals surface area contributed by atoms with Gasteiger partial charge in [0, 0.05) is 42.3 Å². The van der Waals surface area contributed by atoms with Crippen molar-refractivity contribution in [3.63, 3.8) is 0 Å². The number of anilines is 2. The summed E-state index contributed by atoms with van der Waals surface area (Å²) in [5, 5.41) is 4.99. The topological polar surface area (TPSA) is 40.5 Å². The summed E-state index contributed by atoms with van der Waals surface area (Å²) < 4.78 is 2.14. The van der Waals surface area contributed by atoms with Crippen LogP contribution in [0.3, 0.4) is 0 Å². The molecule has 5 nitrogen and oxygen atoms in total. The van der Waals surface area contributed by atoms with Crippen LogP contribution in [0.1, 0.15) is 28.8 Å². The van der Waals surface area contributed by atoms with E-state index < -0.39 is 0 Å². The van der Waals surface area contributed by atoms with E-state index in [1.807, 2.05) is 53.6 Å². The van der Waals surface area contributed by atoms with Crippen molar-refractivity contribution in [2.75, 3.05) is 23.3 Å². The van der Waals surface area contributed by atoms with Gasteiger partial charge in [-0.25, -0.2) is 0 Å². The highest BCUT2D eigenvalue weighted by molar-refractivity contribution is 6.31. The van der Waals surface area contributed by atoms with E-state index >= 15 is 0 Å². The monoisotopic (exact) mass is 469 g/mol. The number of fused-ring (bicyclic) bond motifs is 2. The van der Waals surface area contributed by atoms with Crippen molar-refractivity contribution < 1.29 is 4.79 Å². The van der Waals surface area contributed by atoms with Gasteiger partial charge in [0.05, 0.1) is 22.5 Å². The van der Waals surface area contributed by atoms with Crippen molar-refractivity contribution in [1.29, 1.82) is 0 Å². The zero-order chi connectivity index (χ0) is 23.1. The number of likely N-dealkylation sites (tertiary alicyclic amines) is 1. The summed E-state index contributed by atoms with van der Waals surface area (Å²) in [6, 6.07) is 24.8. The Morgan fingerprint density at radius 3 is 2.56 bits per heavy atom. The molecule has 3 heterocycles. The standard InChI is InChI=1S/C28H26ClN4O/c29-21-10-11-23-24(18-32(27(23)16-21)17-20-6-2-1-3-7-20)28(34)31-14-12-22(13-15-31)33-19-30-25-8-4-5-9-26(25)33/h1-11,16,18-19,22,30H,12-15,17H2. The molecule has 34 heavy (non-hydrogen) atoms. The van der Waals surface area contributed by atoms with Crippen LogP contribution in [-0.4, -0.2) is 34.5 Å². The molecule has 0 aliphatic carbocycles. The molecule has 1 fully saturated rings. The molecule has 6 heteroatoms. The lowest BCUT2D eigenvalue weighted by Crippen LogP contribution is -2.45. The fourth-order valence-electron chi connectivity index (χ4n) is 5.20. The fraction of sp³-hybridized carbons (Fsp3) is 0.214. The quantitative estimate of drug-likeness (QED) is 0.398. The molecular formula is C28H26ClN4O. The molecule has 3 aromatic carbocycles. The molecule has 1 N–H and O–H groups in total. The Kier molecular flexibility index (Phi) is 5.42. The van der Waals surface area contributed by atoms with E-state index in [1.54, 1.807) is 0 Å². The number of carbonyl (C=O) groups is 1. The average Bonchev–Trinajstić information content (AvgIpc) is 3.46. The predicted octanol–water partition coefficient (Wildman–Crippen LogP) is 6.00. The number of halogens is 1. The first kappa shape index (κ1) is 21.1. The van der Waals surface area contributed by atoms with Gasteiger partial charge in [-0.15, -0.1) is 0 Å². The largest absolute Gasteiger partial charge is 0.360 e. The number of carbonyl (C=O) groups excluding carboxylic acids is 1. The van der Waals surface area contributed by atoms with Gasteiger partial charge >= 0.3 is 0 Å². The SMILES string of the molecule is O=C(c1cn(Cc2ccccc2)c2cc(Cl)ccc12)N1CCC(N2[CH]Nc3ccccc32)CC1. The van der Waals surface area contributed by atoms with E-state index in [0.29, 0.717) is 17.6 Å². The molecule has 2 aliphatic heterocycles. The maximum atomic E-state index is 13.6. The van der Waals surface area contributed by atoms with E-state index in [9.17, 15) is 4.79 Å². The Morgan fingerprint density at radius 2 is 1.74 bits per heavy atom. The summed E-state index contributed by atoms with van der Waals surface area (Å²) in [7, 11) is 0. The second kappa shape index (κ2) is 8.73. The Labute approximate surface area is 204 Å². The van der Waals surface area contributed by atoms with Gasteiger partial charge in [0.15, 0.2) is 0 Å². The molecule has 1 aromatic heterocycles. The number of para-hydroxylation sites is 2. The molecule has 1 radical (unpaired) electrons. The van der Waals surface area contributed by atoms with Gasteiger partial charge in [-0.3, -0.25) is 4.79 Å². The van der Waals surface area contributed by atoms with Crippen LogP contribution in [0.5, 0.6) is 0 Å². The number of nitrogens with zero attached hydrogens (tertiary/aromatic N) is 3. The second-order valence-corrected chi connectivity index (χ2v) is 9.48. The zero-order valence-corrected chi connectivity index (χ0v) is 19.6. The predicted molar refractivity (Wildman–Crippen MR) is 138 cm³/mol.